The van der Waals surface area contributed by atoms with Gasteiger partial charge >= 0.3 is 0 Å². The second kappa shape index (κ2) is 8.03. The summed E-state index contributed by atoms with van der Waals surface area (Å²) in [6.07, 6.45) is 5.34. The smallest absolute Gasteiger partial charge is 0.156 e. The maximum Gasteiger partial charge on any atom is 0.156 e. The van der Waals surface area contributed by atoms with Gasteiger partial charge in [-0.3, -0.25) is 5.10 Å². The minimum absolute atomic E-state index is 0.0530. The molecule has 1 fully saturated rings. The molecule has 0 atom stereocenters. The number of rotatable bonds is 4. The number of nitrogens with one attached hydrogen (secondary N) is 2. The molecule has 1 aliphatic heterocycles. The summed E-state index contributed by atoms with van der Waals surface area (Å²) in [5.41, 5.74) is 2.40. The Morgan fingerprint density at radius 2 is 1.71 bits per heavy atom. The molecule has 31 heavy (non-hydrogen) atoms. The fourth-order valence-electron chi connectivity index (χ4n) is 4.25. The van der Waals surface area contributed by atoms with Crippen LogP contribution in [0.15, 0.2) is 48.8 Å². The van der Waals surface area contributed by atoms with Crippen LogP contribution in [0, 0.1) is 11.6 Å². The Balaban J connectivity index is 1.62. The maximum absolute atomic E-state index is 14.4. The predicted octanol–water partition coefficient (Wildman–Crippen LogP) is 4.15. The third-order valence-electron chi connectivity index (χ3n) is 5.91. The molecular formula is C23H22F2N6. The van der Waals surface area contributed by atoms with Crippen LogP contribution in [0.3, 0.4) is 0 Å². The molecule has 2 aromatic carbocycles. The van der Waals surface area contributed by atoms with E-state index in [9.17, 15) is 8.78 Å². The predicted molar refractivity (Wildman–Crippen MR) is 117 cm³/mol. The van der Waals surface area contributed by atoms with E-state index in [1.807, 2.05) is 7.05 Å². The third kappa shape index (κ3) is 3.53. The first-order valence-corrected chi connectivity index (χ1v) is 10.3. The number of hydrogen-bond donors (Lipinski definition) is 2. The summed E-state index contributed by atoms with van der Waals surface area (Å²) < 4.78 is 28.7. The summed E-state index contributed by atoms with van der Waals surface area (Å²) in [7, 11) is 2.03. The number of benzene rings is 2. The van der Waals surface area contributed by atoms with Crippen LogP contribution in [-0.2, 0) is 0 Å². The minimum atomic E-state index is -0.602. The molecule has 0 amide bonds. The van der Waals surface area contributed by atoms with Gasteiger partial charge in [-0.05, 0) is 55.8 Å². The van der Waals surface area contributed by atoms with Gasteiger partial charge in [-0.2, -0.15) is 5.10 Å². The van der Waals surface area contributed by atoms with Crippen molar-refractivity contribution in [1.29, 1.82) is 0 Å². The second-order valence-electron chi connectivity index (χ2n) is 7.75. The number of aromatic amines is 1. The Labute approximate surface area is 178 Å². The van der Waals surface area contributed by atoms with Crippen LogP contribution in [0.25, 0.3) is 33.4 Å². The molecule has 0 saturated carbocycles. The van der Waals surface area contributed by atoms with E-state index < -0.39 is 11.6 Å². The zero-order valence-corrected chi connectivity index (χ0v) is 17.1. The molecule has 3 heterocycles. The number of anilines is 1. The van der Waals surface area contributed by atoms with Crippen LogP contribution in [0.1, 0.15) is 12.8 Å². The first-order chi connectivity index (χ1) is 15.1. The van der Waals surface area contributed by atoms with Crippen molar-refractivity contribution in [3.05, 3.63) is 60.4 Å². The largest absolute Gasteiger partial charge is 0.355 e. The van der Waals surface area contributed by atoms with Gasteiger partial charge in [0.05, 0.1) is 11.1 Å². The molecule has 4 aromatic rings. The Morgan fingerprint density at radius 3 is 2.48 bits per heavy atom. The number of fused-ring (bicyclic) bond motifs is 1. The van der Waals surface area contributed by atoms with E-state index in [1.54, 1.807) is 30.6 Å². The summed E-state index contributed by atoms with van der Waals surface area (Å²) >= 11 is 0. The van der Waals surface area contributed by atoms with E-state index in [0.717, 1.165) is 42.7 Å². The molecule has 1 aliphatic rings. The van der Waals surface area contributed by atoms with Gasteiger partial charge in [0.2, 0.25) is 0 Å². The van der Waals surface area contributed by atoms with E-state index in [2.05, 4.69) is 30.4 Å². The monoisotopic (exact) mass is 420 g/mol. The molecule has 2 aromatic heterocycles. The van der Waals surface area contributed by atoms with Gasteiger partial charge in [0.25, 0.3) is 0 Å². The molecule has 0 radical (unpaired) electrons. The van der Waals surface area contributed by atoms with Gasteiger partial charge in [0.1, 0.15) is 23.0 Å². The van der Waals surface area contributed by atoms with E-state index >= 15 is 0 Å². The van der Waals surface area contributed by atoms with Gasteiger partial charge in [-0.25, -0.2) is 18.7 Å². The fourth-order valence-corrected chi connectivity index (χ4v) is 4.25. The number of piperidine rings is 1. The van der Waals surface area contributed by atoms with Gasteiger partial charge in [-0.1, -0.05) is 12.1 Å². The first-order valence-electron chi connectivity index (χ1n) is 10.3. The highest BCUT2D eigenvalue weighted by atomic mass is 19.1. The van der Waals surface area contributed by atoms with Crippen molar-refractivity contribution >= 4 is 16.7 Å². The molecule has 0 unspecified atom stereocenters. The molecule has 1 saturated heterocycles. The Bertz CT molecular complexity index is 1210. The number of H-pyrrole nitrogens is 1. The highest BCUT2D eigenvalue weighted by Gasteiger charge is 2.24. The zero-order chi connectivity index (χ0) is 21.4. The zero-order valence-electron chi connectivity index (χ0n) is 17.1. The molecule has 0 aliphatic carbocycles. The van der Waals surface area contributed by atoms with E-state index in [1.165, 1.54) is 18.2 Å². The number of aromatic nitrogens is 4. The Kier molecular flexibility index (Phi) is 5.07. The highest BCUT2D eigenvalue weighted by molar-refractivity contribution is 5.97. The van der Waals surface area contributed by atoms with Crippen LogP contribution in [-0.4, -0.2) is 46.3 Å². The summed E-state index contributed by atoms with van der Waals surface area (Å²) in [5, 5.41) is 11.6. The molecule has 0 bridgehead atoms. The lowest BCUT2D eigenvalue weighted by molar-refractivity contribution is 0.441. The highest BCUT2D eigenvalue weighted by Crippen LogP contribution is 2.35. The van der Waals surface area contributed by atoms with Crippen LogP contribution < -0.4 is 10.2 Å². The normalized spacial score (nSPS) is 14.8. The van der Waals surface area contributed by atoms with Crippen LogP contribution in [0.4, 0.5) is 14.6 Å². The van der Waals surface area contributed by atoms with Crippen molar-refractivity contribution in [3.63, 3.8) is 0 Å². The van der Waals surface area contributed by atoms with Crippen molar-refractivity contribution in [2.24, 2.45) is 0 Å². The second-order valence-corrected chi connectivity index (χ2v) is 7.75. The van der Waals surface area contributed by atoms with Gasteiger partial charge in [0, 0.05) is 30.9 Å². The van der Waals surface area contributed by atoms with Gasteiger partial charge in [-0.15, -0.1) is 0 Å². The molecule has 6 nitrogen and oxygen atoms in total. The third-order valence-corrected chi connectivity index (χ3v) is 5.91. The van der Waals surface area contributed by atoms with E-state index in [0.29, 0.717) is 23.0 Å². The van der Waals surface area contributed by atoms with Crippen molar-refractivity contribution in [2.75, 3.05) is 25.0 Å². The molecule has 5 rings (SSSR count). The molecule has 158 valence electrons. The van der Waals surface area contributed by atoms with Gasteiger partial charge < -0.3 is 10.2 Å². The van der Waals surface area contributed by atoms with Crippen molar-refractivity contribution in [2.45, 2.75) is 18.9 Å². The topological polar surface area (TPSA) is 69.7 Å². The van der Waals surface area contributed by atoms with Crippen molar-refractivity contribution in [3.8, 4) is 22.5 Å². The van der Waals surface area contributed by atoms with Gasteiger partial charge in [0.15, 0.2) is 5.82 Å². The molecule has 8 heteroatoms. The van der Waals surface area contributed by atoms with Crippen molar-refractivity contribution in [1.82, 2.24) is 25.5 Å². The summed E-state index contributed by atoms with van der Waals surface area (Å²) in [4.78, 5) is 11.3. The summed E-state index contributed by atoms with van der Waals surface area (Å²) in [6, 6.07) is 9.44. The number of nitrogens with zero attached hydrogens (tertiary/aromatic N) is 4. The van der Waals surface area contributed by atoms with Crippen LogP contribution in [0.5, 0.6) is 0 Å². The molecular weight excluding hydrogens is 398 g/mol. The lowest BCUT2D eigenvalue weighted by Crippen LogP contribution is -2.41. The van der Waals surface area contributed by atoms with Crippen LogP contribution in [0.2, 0.25) is 0 Å². The van der Waals surface area contributed by atoms with E-state index in [4.69, 9.17) is 0 Å². The Morgan fingerprint density at radius 1 is 0.968 bits per heavy atom. The maximum atomic E-state index is 14.4. The minimum Gasteiger partial charge on any atom is -0.355 e. The number of hydrogen-bond acceptors (Lipinski definition) is 5. The first kappa shape index (κ1) is 19.6. The average molecular weight is 420 g/mol. The average Bonchev–Trinajstić information content (AvgIpc) is 3.22. The fraction of sp³-hybridized carbons (Fsp3) is 0.261. The summed E-state index contributed by atoms with van der Waals surface area (Å²) in [5.74, 6) is -0.462. The quantitative estimate of drug-likeness (QED) is 0.519. The van der Waals surface area contributed by atoms with Crippen molar-refractivity contribution < 1.29 is 8.78 Å². The summed E-state index contributed by atoms with van der Waals surface area (Å²) in [6.45, 7) is 1.93. The number of halogens is 2. The molecule has 2 N–H and O–H groups in total. The standard InChI is InChI=1S/C23H22F2N6/c1-31(15-7-9-26-10-8-15)23-22(27-11-12-28-23)21-16-13-14(5-6-19(16)29-30-21)20-17(24)3-2-4-18(20)25/h2-6,11-13,15,26H,7-10H2,1H3,(H,29,30). The Hall–Kier alpha value is -3.39. The van der Waals surface area contributed by atoms with Crippen LogP contribution >= 0.6 is 0 Å². The SMILES string of the molecule is CN(c1nccnc1-c1n[nH]c2ccc(-c3c(F)cccc3F)cc12)C1CCNCC1. The lowest BCUT2D eigenvalue weighted by atomic mass is 10.0. The lowest BCUT2D eigenvalue weighted by Gasteiger charge is -2.33. The van der Waals surface area contributed by atoms with E-state index in [-0.39, 0.29) is 5.56 Å². The molecule has 0 spiro atoms.